The fraction of sp³-hybridized carbons (Fsp3) is 0. The van der Waals surface area contributed by atoms with Crippen molar-refractivity contribution in [3.8, 4) is 34.2 Å². The first-order chi connectivity index (χ1) is 19.9. The molecule has 188 valence electrons. The number of hydrogen-bond acceptors (Lipinski definition) is 3. The van der Waals surface area contributed by atoms with Crippen molar-refractivity contribution in [1.82, 2.24) is 24.3 Å². The molecule has 0 radical (unpaired) electrons. The predicted molar refractivity (Wildman–Crippen MR) is 162 cm³/mol. The van der Waals surface area contributed by atoms with Gasteiger partial charge in [-0.05, 0) is 48.5 Å². The van der Waals surface area contributed by atoms with Crippen molar-refractivity contribution in [2.24, 2.45) is 0 Å². The molecule has 0 fully saturated rings. The van der Waals surface area contributed by atoms with Crippen LogP contribution in [0.5, 0.6) is 0 Å². The van der Waals surface area contributed by atoms with Gasteiger partial charge in [-0.3, -0.25) is 9.55 Å². The van der Waals surface area contributed by atoms with Gasteiger partial charge >= 0.3 is 0 Å². The molecule has 0 saturated carbocycles. The Labute approximate surface area is 230 Å². The van der Waals surface area contributed by atoms with Gasteiger partial charge in [-0.15, -0.1) is 10.2 Å². The second kappa shape index (κ2) is 9.03. The van der Waals surface area contributed by atoms with Crippen molar-refractivity contribution in [2.45, 2.75) is 0 Å². The number of fused-ring (bicyclic) bond motifs is 4. The van der Waals surface area contributed by atoms with Crippen LogP contribution in [-0.4, -0.2) is 24.3 Å². The Bertz CT molecular complexity index is 2100. The quantitative estimate of drug-likeness (QED) is 0.238. The number of nitrogens with zero attached hydrogens (tertiary/aromatic N) is 5. The summed E-state index contributed by atoms with van der Waals surface area (Å²) in [4.78, 5) is 4.70. The summed E-state index contributed by atoms with van der Waals surface area (Å²) in [6.07, 6.45) is 1.82. The van der Waals surface area contributed by atoms with Crippen LogP contribution in [0.4, 0.5) is 0 Å². The van der Waals surface area contributed by atoms with E-state index < -0.39 is 0 Å². The van der Waals surface area contributed by atoms with Crippen LogP contribution in [0.3, 0.4) is 0 Å². The first-order valence-corrected chi connectivity index (χ1v) is 13.3. The zero-order chi connectivity index (χ0) is 26.5. The highest BCUT2D eigenvalue weighted by Crippen LogP contribution is 2.34. The molecule has 0 saturated heterocycles. The molecule has 3 aromatic heterocycles. The lowest BCUT2D eigenvalue weighted by molar-refractivity contribution is 1.07. The summed E-state index contributed by atoms with van der Waals surface area (Å²) in [6.45, 7) is 0. The first-order valence-electron chi connectivity index (χ1n) is 13.3. The van der Waals surface area contributed by atoms with Crippen molar-refractivity contribution >= 4 is 32.7 Å². The summed E-state index contributed by atoms with van der Waals surface area (Å²) in [6, 6.07) is 46.2. The van der Waals surface area contributed by atoms with E-state index in [1.807, 2.05) is 36.5 Å². The second-order valence-corrected chi connectivity index (χ2v) is 9.82. The van der Waals surface area contributed by atoms with Gasteiger partial charge in [0.2, 0.25) is 0 Å². The summed E-state index contributed by atoms with van der Waals surface area (Å²) in [5, 5.41) is 13.0. The van der Waals surface area contributed by atoms with Gasteiger partial charge in [0.1, 0.15) is 0 Å². The van der Waals surface area contributed by atoms with E-state index >= 15 is 0 Å². The summed E-state index contributed by atoms with van der Waals surface area (Å²) in [5.41, 5.74) is 7.31. The average Bonchev–Trinajstić information content (AvgIpc) is 3.61. The zero-order valence-corrected chi connectivity index (χ0v) is 21.5. The Morgan fingerprint density at radius 1 is 0.450 bits per heavy atom. The zero-order valence-electron chi connectivity index (χ0n) is 21.5. The highest BCUT2D eigenvalue weighted by atomic mass is 15.3. The number of pyridine rings is 1. The minimum atomic E-state index is 0.757. The normalized spacial score (nSPS) is 11.5. The third-order valence-electron chi connectivity index (χ3n) is 7.51. The Morgan fingerprint density at radius 3 is 1.77 bits per heavy atom. The number of rotatable bonds is 4. The molecule has 8 aromatic rings. The van der Waals surface area contributed by atoms with Gasteiger partial charge in [-0.2, -0.15) is 0 Å². The van der Waals surface area contributed by atoms with Gasteiger partial charge in [0, 0.05) is 44.9 Å². The minimum absolute atomic E-state index is 0.757. The standard InChI is InChI=1S/C35H23N5/c1-2-10-25(11-3-1)34-37-38-35(30-16-8-12-24-13-9-23-36-33(24)30)40(34)27-21-19-26(20-22-27)39-31-17-6-4-14-28(31)29-15-5-7-18-32(29)39/h1-23H. The van der Waals surface area contributed by atoms with E-state index in [0.717, 1.165) is 45.1 Å². The Hall–Kier alpha value is -5.55. The average molecular weight is 514 g/mol. The molecule has 40 heavy (non-hydrogen) atoms. The van der Waals surface area contributed by atoms with Gasteiger partial charge in [-0.25, -0.2) is 0 Å². The van der Waals surface area contributed by atoms with E-state index in [-0.39, 0.29) is 0 Å². The molecule has 0 atom stereocenters. The van der Waals surface area contributed by atoms with Crippen molar-refractivity contribution < 1.29 is 0 Å². The van der Waals surface area contributed by atoms with Crippen LogP contribution in [0.15, 0.2) is 140 Å². The molecule has 8 rings (SSSR count). The molecule has 0 spiro atoms. The molecule has 0 amide bonds. The number of benzene rings is 5. The highest BCUT2D eigenvalue weighted by Gasteiger charge is 2.20. The maximum Gasteiger partial charge on any atom is 0.171 e. The van der Waals surface area contributed by atoms with Crippen molar-refractivity contribution in [2.75, 3.05) is 0 Å². The SMILES string of the molecule is c1ccc(-c2nnc(-c3cccc4cccnc34)n2-c2ccc(-n3c4ccccc4c4ccccc43)cc2)cc1. The molecule has 0 aliphatic heterocycles. The molecule has 0 unspecified atom stereocenters. The van der Waals surface area contributed by atoms with E-state index in [9.17, 15) is 0 Å². The van der Waals surface area contributed by atoms with Crippen molar-refractivity contribution in [3.05, 3.63) is 140 Å². The fourth-order valence-electron chi connectivity index (χ4n) is 5.71. The second-order valence-electron chi connectivity index (χ2n) is 9.82. The smallest absolute Gasteiger partial charge is 0.171 e. The lowest BCUT2D eigenvalue weighted by atomic mass is 10.1. The van der Waals surface area contributed by atoms with Crippen LogP contribution in [0.1, 0.15) is 0 Å². The Balaban J connectivity index is 1.34. The number of hydrogen-bond donors (Lipinski definition) is 0. The highest BCUT2D eigenvalue weighted by molar-refractivity contribution is 6.09. The minimum Gasteiger partial charge on any atom is -0.309 e. The Kier molecular flexibility index (Phi) is 5.07. The molecule has 0 N–H and O–H groups in total. The van der Waals surface area contributed by atoms with Crippen LogP contribution in [0.2, 0.25) is 0 Å². The predicted octanol–water partition coefficient (Wildman–Crippen LogP) is 8.25. The van der Waals surface area contributed by atoms with Crippen LogP contribution in [-0.2, 0) is 0 Å². The molecule has 5 aromatic carbocycles. The van der Waals surface area contributed by atoms with E-state index in [1.165, 1.54) is 21.8 Å². The fourth-order valence-corrected chi connectivity index (χ4v) is 5.71. The number of aromatic nitrogens is 5. The van der Waals surface area contributed by atoms with E-state index in [2.05, 4.69) is 117 Å². The number of para-hydroxylation sites is 3. The monoisotopic (exact) mass is 513 g/mol. The molecule has 0 aliphatic rings. The lowest BCUT2D eigenvalue weighted by Crippen LogP contribution is -2.02. The largest absolute Gasteiger partial charge is 0.309 e. The third-order valence-corrected chi connectivity index (χ3v) is 7.51. The summed E-state index contributed by atoms with van der Waals surface area (Å²) < 4.78 is 4.46. The summed E-state index contributed by atoms with van der Waals surface area (Å²) in [5.74, 6) is 1.54. The van der Waals surface area contributed by atoms with Gasteiger partial charge in [0.15, 0.2) is 11.6 Å². The van der Waals surface area contributed by atoms with Crippen LogP contribution >= 0.6 is 0 Å². The van der Waals surface area contributed by atoms with Gasteiger partial charge in [0.25, 0.3) is 0 Å². The van der Waals surface area contributed by atoms with Crippen molar-refractivity contribution in [1.29, 1.82) is 0 Å². The van der Waals surface area contributed by atoms with Crippen LogP contribution in [0.25, 0.3) is 66.9 Å². The molecular formula is C35H23N5. The Morgan fingerprint density at radius 2 is 1.05 bits per heavy atom. The van der Waals surface area contributed by atoms with Crippen molar-refractivity contribution in [3.63, 3.8) is 0 Å². The van der Waals surface area contributed by atoms with Gasteiger partial charge < -0.3 is 4.57 Å². The van der Waals surface area contributed by atoms with Crippen LogP contribution in [0, 0.1) is 0 Å². The summed E-state index contributed by atoms with van der Waals surface area (Å²) >= 11 is 0. The van der Waals surface area contributed by atoms with Gasteiger partial charge in [0.05, 0.1) is 16.6 Å². The molecule has 5 heteroatoms. The topological polar surface area (TPSA) is 48.5 Å². The van der Waals surface area contributed by atoms with E-state index in [1.54, 1.807) is 0 Å². The summed E-state index contributed by atoms with van der Waals surface area (Å²) in [7, 11) is 0. The van der Waals surface area contributed by atoms with E-state index in [4.69, 9.17) is 10.1 Å². The lowest BCUT2D eigenvalue weighted by Gasteiger charge is -2.14. The molecular weight excluding hydrogens is 490 g/mol. The van der Waals surface area contributed by atoms with E-state index in [0.29, 0.717) is 0 Å². The maximum atomic E-state index is 4.71. The third kappa shape index (κ3) is 3.45. The molecule has 0 bridgehead atoms. The van der Waals surface area contributed by atoms with Gasteiger partial charge in [-0.1, -0.05) is 84.9 Å². The molecule has 0 aliphatic carbocycles. The maximum absolute atomic E-state index is 4.71. The van der Waals surface area contributed by atoms with Crippen LogP contribution < -0.4 is 0 Å². The molecule has 3 heterocycles. The first kappa shape index (κ1) is 22.4. The molecule has 5 nitrogen and oxygen atoms in total.